The number of nitrogens with one attached hydrogen (secondary N) is 1. The van der Waals surface area contributed by atoms with Gasteiger partial charge in [-0.2, -0.15) is 0 Å². The molecule has 0 saturated carbocycles. The van der Waals surface area contributed by atoms with Crippen molar-refractivity contribution in [2.24, 2.45) is 0 Å². The Morgan fingerprint density at radius 3 is 2.36 bits per heavy atom. The molecule has 1 heterocycles. The molecule has 14 heavy (non-hydrogen) atoms. The number of unbranched alkanes of at least 4 members (excludes halogenated alkanes) is 1. The first-order chi connectivity index (χ1) is 6.83. The molecule has 1 aliphatic rings. The highest BCUT2D eigenvalue weighted by atomic mass is 15.2. The van der Waals surface area contributed by atoms with E-state index in [1.165, 1.54) is 45.3 Å². The van der Waals surface area contributed by atoms with Gasteiger partial charge in [0.05, 0.1) is 0 Å². The maximum atomic E-state index is 3.37. The lowest BCUT2D eigenvalue weighted by Gasteiger charge is -2.42. The fraction of sp³-hybridized carbons (Fsp3) is 1.00. The Balaban J connectivity index is 2.37. The molecule has 0 aliphatic carbocycles. The average molecular weight is 198 g/mol. The molecule has 0 aromatic heterocycles. The molecule has 2 heteroatoms. The van der Waals surface area contributed by atoms with Gasteiger partial charge in [-0.3, -0.25) is 4.90 Å². The molecule has 0 amide bonds. The molecule has 0 aromatic carbocycles. The summed E-state index contributed by atoms with van der Waals surface area (Å²) >= 11 is 0. The van der Waals surface area contributed by atoms with Crippen LogP contribution in [0.2, 0.25) is 0 Å². The highest BCUT2D eigenvalue weighted by Gasteiger charge is 2.27. The molecule has 1 aliphatic heterocycles. The summed E-state index contributed by atoms with van der Waals surface area (Å²) in [7, 11) is 0. The van der Waals surface area contributed by atoms with Crippen LogP contribution in [0.4, 0.5) is 0 Å². The van der Waals surface area contributed by atoms with Gasteiger partial charge >= 0.3 is 0 Å². The third-order valence-corrected chi connectivity index (χ3v) is 3.43. The Morgan fingerprint density at radius 1 is 1.29 bits per heavy atom. The average Bonchev–Trinajstić information content (AvgIpc) is 2.14. The van der Waals surface area contributed by atoms with E-state index in [0.29, 0.717) is 0 Å². The fourth-order valence-corrected chi connectivity index (χ4v) is 2.37. The van der Waals surface area contributed by atoms with Crippen LogP contribution in [0, 0.1) is 0 Å². The zero-order valence-electron chi connectivity index (χ0n) is 10.1. The van der Waals surface area contributed by atoms with Crippen LogP contribution >= 0.6 is 0 Å². The van der Waals surface area contributed by atoms with Crippen molar-refractivity contribution in [1.82, 2.24) is 10.2 Å². The van der Waals surface area contributed by atoms with Crippen molar-refractivity contribution in [1.29, 1.82) is 0 Å². The lowest BCUT2D eigenvalue weighted by atomic mass is 10.0. The van der Waals surface area contributed by atoms with Crippen molar-refractivity contribution >= 4 is 0 Å². The van der Waals surface area contributed by atoms with Crippen molar-refractivity contribution in [3.05, 3.63) is 0 Å². The van der Waals surface area contributed by atoms with Gasteiger partial charge in [0, 0.05) is 25.2 Å². The topological polar surface area (TPSA) is 15.3 Å². The van der Waals surface area contributed by atoms with Gasteiger partial charge in [-0.15, -0.1) is 0 Å². The standard InChI is InChI=1S/C12H26N2/c1-4-7-8-11(5-2)14(6-3)12-9-13-10-12/h11-13H,4-10H2,1-3H3. The number of hydrogen-bond acceptors (Lipinski definition) is 2. The van der Waals surface area contributed by atoms with E-state index in [0.717, 1.165) is 12.1 Å². The summed E-state index contributed by atoms with van der Waals surface area (Å²) in [5, 5.41) is 3.37. The minimum Gasteiger partial charge on any atom is -0.314 e. The zero-order valence-corrected chi connectivity index (χ0v) is 10.1. The molecule has 0 aromatic rings. The quantitative estimate of drug-likeness (QED) is 0.675. The second-order valence-electron chi connectivity index (χ2n) is 4.35. The van der Waals surface area contributed by atoms with Gasteiger partial charge < -0.3 is 5.32 Å². The normalized spacial score (nSPS) is 19.7. The van der Waals surface area contributed by atoms with Crippen LogP contribution in [0.15, 0.2) is 0 Å². The van der Waals surface area contributed by atoms with E-state index in [2.05, 4.69) is 31.0 Å². The summed E-state index contributed by atoms with van der Waals surface area (Å²) < 4.78 is 0. The summed E-state index contributed by atoms with van der Waals surface area (Å²) in [4.78, 5) is 2.70. The molecule has 0 radical (unpaired) electrons. The minimum atomic E-state index is 0.821. The lowest BCUT2D eigenvalue weighted by molar-refractivity contribution is 0.0920. The fourth-order valence-electron chi connectivity index (χ4n) is 2.37. The molecule has 1 fully saturated rings. The summed E-state index contributed by atoms with van der Waals surface area (Å²) in [5.41, 5.74) is 0. The Kier molecular flexibility index (Phi) is 5.49. The molecule has 1 atom stereocenters. The Hall–Kier alpha value is -0.0800. The number of hydrogen-bond donors (Lipinski definition) is 1. The van der Waals surface area contributed by atoms with Crippen LogP contribution < -0.4 is 5.32 Å². The van der Waals surface area contributed by atoms with Crippen LogP contribution in [0.1, 0.15) is 46.5 Å². The van der Waals surface area contributed by atoms with Crippen LogP contribution in [-0.4, -0.2) is 36.6 Å². The number of nitrogens with zero attached hydrogens (tertiary/aromatic N) is 1. The van der Waals surface area contributed by atoms with Crippen molar-refractivity contribution in [2.75, 3.05) is 19.6 Å². The molecule has 84 valence electrons. The molecular weight excluding hydrogens is 172 g/mol. The summed E-state index contributed by atoms with van der Waals surface area (Å²) in [6, 6.07) is 1.65. The second-order valence-corrected chi connectivity index (χ2v) is 4.35. The smallest absolute Gasteiger partial charge is 0.0348 e. The van der Waals surface area contributed by atoms with E-state index in [9.17, 15) is 0 Å². The molecule has 0 bridgehead atoms. The van der Waals surface area contributed by atoms with Gasteiger partial charge in [0.1, 0.15) is 0 Å². The highest BCUT2D eigenvalue weighted by Crippen LogP contribution is 2.17. The third-order valence-electron chi connectivity index (χ3n) is 3.43. The Morgan fingerprint density at radius 2 is 2.00 bits per heavy atom. The lowest BCUT2D eigenvalue weighted by Crippen LogP contribution is -2.59. The van der Waals surface area contributed by atoms with Gasteiger partial charge in [-0.25, -0.2) is 0 Å². The third kappa shape index (κ3) is 2.96. The van der Waals surface area contributed by atoms with Crippen LogP contribution in [-0.2, 0) is 0 Å². The first-order valence-electron chi connectivity index (χ1n) is 6.29. The Labute approximate surface area is 89.1 Å². The monoisotopic (exact) mass is 198 g/mol. The van der Waals surface area contributed by atoms with E-state index in [4.69, 9.17) is 0 Å². The maximum absolute atomic E-state index is 3.37. The SMILES string of the molecule is CCCCC(CC)N(CC)C1CNC1. The van der Waals surface area contributed by atoms with E-state index in [-0.39, 0.29) is 0 Å². The van der Waals surface area contributed by atoms with E-state index in [1.807, 2.05) is 0 Å². The minimum absolute atomic E-state index is 0.821. The summed E-state index contributed by atoms with van der Waals surface area (Å²) in [5.74, 6) is 0. The first-order valence-corrected chi connectivity index (χ1v) is 6.29. The molecular formula is C12H26N2. The zero-order chi connectivity index (χ0) is 10.4. The molecule has 2 nitrogen and oxygen atoms in total. The van der Waals surface area contributed by atoms with E-state index >= 15 is 0 Å². The summed E-state index contributed by atoms with van der Waals surface area (Å²) in [6.07, 6.45) is 5.41. The van der Waals surface area contributed by atoms with Gasteiger partial charge in [-0.1, -0.05) is 33.6 Å². The molecule has 0 spiro atoms. The molecule has 1 N–H and O–H groups in total. The highest BCUT2D eigenvalue weighted by molar-refractivity contribution is 4.87. The van der Waals surface area contributed by atoms with Crippen molar-refractivity contribution in [2.45, 2.75) is 58.5 Å². The van der Waals surface area contributed by atoms with Crippen molar-refractivity contribution in [3.8, 4) is 0 Å². The van der Waals surface area contributed by atoms with Crippen molar-refractivity contribution in [3.63, 3.8) is 0 Å². The molecule has 1 saturated heterocycles. The number of rotatable bonds is 7. The first kappa shape index (κ1) is 12.0. The van der Waals surface area contributed by atoms with Crippen LogP contribution in [0.25, 0.3) is 0 Å². The molecule has 1 unspecified atom stereocenters. The second kappa shape index (κ2) is 6.41. The summed E-state index contributed by atoms with van der Waals surface area (Å²) in [6.45, 7) is 10.5. The van der Waals surface area contributed by atoms with Crippen LogP contribution in [0.5, 0.6) is 0 Å². The van der Waals surface area contributed by atoms with Crippen LogP contribution in [0.3, 0.4) is 0 Å². The predicted octanol–water partition coefficient (Wildman–Crippen LogP) is 2.25. The van der Waals surface area contributed by atoms with Crippen molar-refractivity contribution < 1.29 is 0 Å². The maximum Gasteiger partial charge on any atom is 0.0348 e. The predicted molar refractivity (Wildman–Crippen MR) is 62.6 cm³/mol. The largest absolute Gasteiger partial charge is 0.314 e. The Bertz CT molecular complexity index is 143. The van der Waals surface area contributed by atoms with E-state index < -0.39 is 0 Å². The van der Waals surface area contributed by atoms with Gasteiger partial charge in [0.2, 0.25) is 0 Å². The van der Waals surface area contributed by atoms with E-state index in [1.54, 1.807) is 0 Å². The van der Waals surface area contributed by atoms with Gasteiger partial charge in [0.15, 0.2) is 0 Å². The molecule has 1 rings (SSSR count). The van der Waals surface area contributed by atoms with Gasteiger partial charge in [0.25, 0.3) is 0 Å². The number of likely N-dealkylation sites (N-methyl/N-ethyl adjacent to an activating group) is 1. The van der Waals surface area contributed by atoms with Gasteiger partial charge in [-0.05, 0) is 19.4 Å².